The summed E-state index contributed by atoms with van der Waals surface area (Å²) in [7, 11) is 0. The van der Waals surface area contributed by atoms with Crippen molar-refractivity contribution < 1.29 is 9.59 Å². The molecule has 0 aromatic carbocycles. The molecule has 2 N–H and O–H groups in total. The van der Waals surface area contributed by atoms with Gasteiger partial charge in [-0.15, -0.1) is 0 Å². The van der Waals surface area contributed by atoms with Crippen molar-refractivity contribution in [3.05, 3.63) is 0 Å². The van der Waals surface area contributed by atoms with Gasteiger partial charge in [0.25, 0.3) is 0 Å². The maximum Gasteiger partial charge on any atom is 0.224 e. The molecule has 5 nitrogen and oxygen atoms in total. The highest BCUT2D eigenvalue weighted by Gasteiger charge is 2.19. The van der Waals surface area contributed by atoms with E-state index >= 15 is 0 Å². The summed E-state index contributed by atoms with van der Waals surface area (Å²) >= 11 is 0. The molecule has 0 radical (unpaired) electrons. The highest BCUT2D eigenvalue weighted by Crippen LogP contribution is 2.15. The highest BCUT2D eigenvalue weighted by molar-refractivity contribution is 5.79. The topological polar surface area (TPSA) is 61.4 Å². The normalized spacial score (nSPS) is 20.5. The Bertz CT molecular complexity index is 308. The summed E-state index contributed by atoms with van der Waals surface area (Å²) in [5, 5.41) is 6.17. The van der Waals surface area contributed by atoms with Crippen LogP contribution in [0.15, 0.2) is 0 Å². The number of carbonyl (C=O) groups excluding carboxylic acids is 2. The summed E-state index contributed by atoms with van der Waals surface area (Å²) in [6, 6.07) is 0. The Hall–Kier alpha value is -1.10. The third-order valence-corrected chi connectivity index (χ3v) is 4.05. The zero-order chi connectivity index (χ0) is 13.5. The first-order chi connectivity index (χ1) is 9.25. The van der Waals surface area contributed by atoms with E-state index in [1.165, 1.54) is 0 Å². The minimum atomic E-state index is 0.0983. The van der Waals surface area contributed by atoms with Gasteiger partial charge in [0.1, 0.15) is 0 Å². The van der Waals surface area contributed by atoms with Crippen molar-refractivity contribution >= 4 is 11.8 Å². The van der Waals surface area contributed by atoms with Crippen LogP contribution < -0.4 is 10.6 Å². The van der Waals surface area contributed by atoms with E-state index in [1.54, 1.807) is 0 Å². The summed E-state index contributed by atoms with van der Waals surface area (Å²) in [6.45, 7) is 4.31. The van der Waals surface area contributed by atoms with Crippen LogP contribution in [0.1, 0.15) is 38.5 Å². The van der Waals surface area contributed by atoms with Crippen molar-refractivity contribution in [2.75, 3.05) is 32.7 Å². The van der Waals surface area contributed by atoms with Gasteiger partial charge in [0.05, 0.1) is 0 Å². The molecule has 0 atom stereocenters. The Balaban J connectivity index is 1.56. The molecule has 2 saturated heterocycles. The maximum atomic E-state index is 11.8. The van der Waals surface area contributed by atoms with Gasteiger partial charge < -0.3 is 15.5 Å². The zero-order valence-corrected chi connectivity index (χ0v) is 11.6. The third-order valence-electron chi connectivity index (χ3n) is 4.05. The molecule has 0 unspecified atom stereocenters. The van der Waals surface area contributed by atoms with Gasteiger partial charge in [0.2, 0.25) is 11.8 Å². The van der Waals surface area contributed by atoms with E-state index in [9.17, 15) is 9.59 Å². The first-order valence-electron chi connectivity index (χ1n) is 7.51. The number of amides is 2. The lowest BCUT2D eigenvalue weighted by molar-refractivity contribution is -0.130. The number of nitrogens with one attached hydrogen (secondary N) is 2. The summed E-state index contributed by atoms with van der Waals surface area (Å²) in [5.41, 5.74) is 0. The fraction of sp³-hybridized carbons (Fsp3) is 0.857. The molecular formula is C14H25N3O2. The molecular weight excluding hydrogens is 242 g/mol. The SMILES string of the molecule is O=C(CC1CCNCC1)NCCC(=O)N1CCCC1. The van der Waals surface area contributed by atoms with Crippen molar-refractivity contribution in [2.45, 2.75) is 38.5 Å². The van der Waals surface area contributed by atoms with Gasteiger partial charge in [-0.25, -0.2) is 0 Å². The number of hydrogen-bond acceptors (Lipinski definition) is 3. The van der Waals surface area contributed by atoms with Crippen LogP contribution in [0.4, 0.5) is 0 Å². The van der Waals surface area contributed by atoms with E-state index in [0.29, 0.717) is 25.3 Å². The molecule has 0 aromatic rings. The summed E-state index contributed by atoms with van der Waals surface area (Å²) in [5.74, 6) is 0.788. The third kappa shape index (κ3) is 4.82. The van der Waals surface area contributed by atoms with E-state index < -0.39 is 0 Å². The average Bonchev–Trinajstić information content (AvgIpc) is 2.93. The predicted molar refractivity (Wildman–Crippen MR) is 73.7 cm³/mol. The van der Waals surface area contributed by atoms with Crippen LogP contribution in [0.3, 0.4) is 0 Å². The van der Waals surface area contributed by atoms with E-state index in [0.717, 1.165) is 51.9 Å². The van der Waals surface area contributed by atoms with Gasteiger partial charge in [0, 0.05) is 32.5 Å². The highest BCUT2D eigenvalue weighted by atomic mass is 16.2. The Morgan fingerprint density at radius 3 is 2.53 bits per heavy atom. The number of rotatable bonds is 5. The standard InChI is InChI=1S/C14H25N3O2/c18-13(11-12-3-6-15-7-4-12)16-8-5-14(19)17-9-1-2-10-17/h12,15H,1-11H2,(H,16,18). The summed E-state index contributed by atoms with van der Waals surface area (Å²) in [6.07, 6.45) is 5.46. The van der Waals surface area contributed by atoms with Crippen LogP contribution in [-0.2, 0) is 9.59 Å². The van der Waals surface area contributed by atoms with Crippen LogP contribution in [-0.4, -0.2) is 49.4 Å². The molecule has 2 aliphatic rings. The molecule has 2 amide bonds. The molecule has 0 spiro atoms. The van der Waals surface area contributed by atoms with Crippen LogP contribution >= 0.6 is 0 Å². The fourth-order valence-electron chi connectivity index (χ4n) is 2.85. The van der Waals surface area contributed by atoms with Gasteiger partial charge in [-0.05, 0) is 44.7 Å². The summed E-state index contributed by atoms with van der Waals surface area (Å²) < 4.78 is 0. The quantitative estimate of drug-likeness (QED) is 0.763. The Kier molecular flexibility index (Phi) is 5.63. The van der Waals surface area contributed by atoms with E-state index in [-0.39, 0.29) is 11.8 Å². The van der Waals surface area contributed by atoms with Crippen LogP contribution in [0.2, 0.25) is 0 Å². The van der Waals surface area contributed by atoms with Crippen molar-refractivity contribution in [1.29, 1.82) is 0 Å². The van der Waals surface area contributed by atoms with Crippen molar-refractivity contribution in [2.24, 2.45) is 5.92 Å². The first kappa shape index (κ1) is 14.3. The minimum Gasteiger partial charge on any atom is -0.356 e. The molecule has 0 saturated carbocycles. The zero-order valence-electron chi connectivity index (χ0n) is 11.6. The minimum absolute atomic E-state index is 0.0983. The Morgan fingerprint density at radius 1 is 1.16 bits per heavy atom. The van der Waals surface area contributed by atoms with Crippen molar-refractivity contribution in [3.8, 4) is 0 Å². The second-order valence-electron chi connectivity index (χ2n) is 5.59. The molecule has 19 heavy (non-hydrogen) atoms. The van der Waals surface area contributed by atoms with Gasteiger partial charge in [-0.3, -0.25) is 9.59 Å². The molecule has 0 bridgehead atoms. The first-order valence-corrected chi connectivity index (χ1v) is 7.51. The lowest BCUT2D eigenvalue weighted by Gasteiger charge is -2.22. The van der Waals surface area contributed by atoms with Crippen LogP contribution in [0, 0.1) is 5.92 Å². The fourth-order valence-corrected chi connectivity index (χ4v) is 2.85. The molecule has 0 aliphatic carbocycles. The van der Waals surface area contributed by atoms with Gasteiger partial charge in [0.15, 0.2) is 0 Å². The smallest absolute Gasteiger partial charge is 0.224 e. The molecule has 2 heterocycles. The van der Waals surface area contributed by atoms with E-state index in [2.05, 4.69) is 10.6 Å². The second kappa shape index (κ2) is 7.48. The molecule has 5 heteroatoms. The van der Waals surface area contributed by atoms with Crippen molar-refractivity contribution in [3.63, 3.8) is 0 Å². The molecule has 2 aliphatic heterocycles. The van der Waals surface area contributed by atoms with Gasteiger partial charge in [-0.1, -0.05) is 0 Å². The number of likely N-dealkylation sites (tertiary alicyclic amines) is 1. The average molecular weight is 267 g/mol. The Morgan fingerprint density at radius 2 is 1.84 bits per heavy atom. The lowest BCUT2D eigenvalue weighted by Crippen LogP contribution is -2.35. The molecule has 0 aromatic heterocycles. The molecule has 2 fully saturated rings. The summed E-state index contributed by atoms with van der Waals surface area (Å²) in [4.78, 5) is 25.4. The Labute approximate surface area is 115 Å². The van der Waals surface area contributed by atoms with E-state index in [4.69, 9.17) is 0 Å². The maximum absolute atomic E-state index is 11.8. The second-order valence-corrected chi connectivity index (χ2v) is 5.59. The lowest BCUT2D eigenvalue weighted by atomic mass is 9.94. The van der Waals surface area contributed by atoms with Gasteiger partial charge >= 0.3 is 0 Å². The predicted octanol–water partition coefficient (Wildman–Crippen LogP) is 0.505. The largest absolute Gasteiger partial charge is 0.356 e. The van der Waals surface area contributed by atoms with Crippen LogP contribution in [0.5, 0.6) is 0 Å². The number of nitrogens with zero attached hydrogens (tertiary/aromatic N) is 1. The number of carbonyl (C=O) groups is 2. The van der Waals surface area contributed by atoms with Crippen molar-refractivity contribution in [1.82, 2.24) is 15.5 Å². The number of piperidine rings is 1. The van der Waals surface area contributed by atoms with E-state index in [1.807, 2.05) is 4.90 Å². The van der Waals surface area contributed by atoms with Crippen LogP contribution in [0.25, 0.3) is 0 Å². The number of hydrogen-bond donors (Lipinski definition) is 2. The molecule has 2 rings (SSSR count). The molecule has 108 valence electrons. The monoisotopic (exact) mass is 267 g/mol. The van der Waals surface area contributed by atoms with Gasteiger partial charge in [-0.2, -0.15) is 0 Å².